The number of nitrogens with one attached hydrogen (secondary N) is 1. The van der Waals surface area contributed by atoms with Crippen LogP contribution in [0.5, 0.6) is 0 Å². The number of ketones is 1. The molecule has 0 bridgehead atoms. The Balaban J connectivity index is 2.28. The maximum atomic E-state index is 11.3. The molecule has 0 saturated carbocycles. The summed E-state index contributed by atoms with van der Waals surface area (Å²) < 4.78 is 0. The van der Waals surface area contributed by atoms with Crippen LogP contribution in [-0.2, 0) is 9.59 Å². The van der Waals surface area contributed by atoms with E-state index in [1.807, 2.05) is 30.3 Å². The molecule has 1 fully saturated rings. The first-order valence-corrected chi connectivity index (χ1v) is 4.14. The van der Waals surface area contributed by atoms with E-state index in [-0.39, 0.29) is 18.1 Å². The lowest BCUT2D eigenvalue weighted by atomic mass is 10.0. The number of carbonyl (C=O) groups excluding carboxylic acids is 2. The molecule has 13 heavy (non-hydrogen) atoms. The average Bonchev–Trinajstić information content (AvgIpc) is 2.47. The highest BCUT2D eigenvalue weighted by molar-refractivity contribution is 6.07. The topological polar surface area (TPSA) is 46.2 Å². The molecule has 1 heterocycles. The van der Waals surface area contributed by atoms with Crippen LogP contribution in [0.3, 0.4) is 0 Å². The second-order valence-corrected chi connectivity index (χ2v) is 3.05. The summed E-state index contributed by atoms with van der Waals surface area (Å²) in [7, 11) is 0. The summed E-state index contributed by atoms with van der Waals surface area (Å²) in [6.07, 6.45) is 0.0135. The van der Waals surface area contributed by atoms with Crippen LogP contribution in [0.4, 0.5) is 0 Å². The Labute approximate surface area is 75.8 Å². The van der Waals surface area contributed by atoms with Crippen molar-refractivity contribution in [2.75, 3.05) is 0 Å². The number of amides is 1. The second-order valence-electron chi connectivity index (χ2n) is 3.05. The van der Waals surface area contributed by atoms with Gasteiger partial charge in [0.25, 0.3) is 0 Å². The van der Waals surface area contributed by atoms with Gasteiger partial charge in [0.2, 0.25) is 5.91 Å². The Bertz CT molecular complexity index is 345. The second kappa shape index (κ2) is 3.01. The number of Topliss-reactive ketones (excluding diaryl/α,β-unsaturated/α-hetero) is 1. The van der Waals surface area contributed by atoms with Crippen LogP contribution in [0, 0.1) is 0 Å². The third-order valence-corrected chi connectivity index (χ3v) is 2.09. The number of hydrogen-bond donors (Lipinski definition) is 1. The van der Waals surface area contributed by atoms with Gasteiger partial charge in [-0.1, -0.05) is 30.3 Å². The molecule has 0 aliphatic carbocycles. The first kappa shape index (κ1) is 7.98. The minimum Gasteiger partial charge on any atom is -0.342 e. The Morgan fingerprint density at radius 3 is 2.38 bits per heavy atom. The Morgan fingerprint density at radius 1 is 1.15 bits per heavy atom. The minimum atomic E-state index is -0.423. The van der Waals surface area contributed by atoms with Crippen LogP contribution < -0.4 is 5.32 Å². The first-order chi connectivity index (χ1) is 6.27. The van der Waals surface area contributed by atoms with Crippen LogP contribution in [0.25, 0.3) is 0 Å². The van der Waals surface area contributed by atoms with E-state index < -0.39 is 6.04 Å². The molecule has 0 radical (unpaired) electrons. The zero-order chi connectivity index (χ0) is 9.26. The molecule has 2 rings (SSSR count). The van der Waals surface area contributed by atoms with E-state index in [0.29, 0.717) is 0 Å². The molecule has 1 aliphatic heterocycles. The zero-order valence-corrected chi connectivity index (χ0v) is 6.99. The fourth-order valence-corrected chi connectivity index (χ4v) is 1.47. The monoisotopic (exact) mass is 175 g/mol. The van der Waals surface area contributed by atoms with Gasteiger partial charge in [-0.3, -0.25) is 9.59 Å². The van der Waals surface area contributed by atoms with E-state index in [2.05, 4.69) is 5.32 Å². The average molecular weight is 175 g/mol. The third-order valence-electron chi connectivity index (χ3n) is 2.09. The minimum absolute atomic E-state index is 0.0135. The quantitative estimate of drug-likeness (QED) is 0.642. The summed E-state index contributed by atoms with van der Waals surface area (Å²) >= 11 is 0. The number of rotatable bonds is 1. The van der Waals surface area contributed by atoms with Gasteiger partial charge in [-0.2, -0.15) is 0 Å². The normalized spacial score (nSPS) is 21.7. The molecule has 1 amide bonds. The summed E-state index contributed by atoms with van der Waals surface area (Å²) in [6.45, 7) is 0. The Kier molecular flexibility index (Phi) is 1.85. The lowest BCUT2D eigenvalue weighted by Crippen LogP contribution is -2.20. The predicted molar refractivity (Wildman–Crippen MR) is 46.9 cm³/mol. The van der Waals surface area contributed by atoms with E-state index in [1.165, 1.54) is 0 Å². The maximum Gasteiger partial charge on any atom is 0.228 e. The largest absolute Gasteiger partial charge is 0.342 e. The van der Waals surface area contributed by atoms with Crippen molar-refractivity contribution >= 4 is 11.7 Å². The van der Waals surface area contributed by atoms with E-state index >= 15 is 0 Å². The van der Waals surface area contributed by atoms with Gasteiger partial charge >= 0.3 is 0 Å². The molecular formula is C10H9NO2. The summed E-state index contributed by atoms with van der Waals surface area (Å²) in [5.41, 5.74) is 0.860. The summed E-state index contributed by atoms with van der Waals surface area (Å²) in [5, 5.41) is 2.63. The van der Waals surface area contributed by atoms with E-state index in [4.69, 9.17) is 0 Å². The third kappa shape index (κ3) is 1.45. The van der Waals surface area contributed by atoms with Gasteiger partial charge in [-0.05, 0) is 5.56 Å². The summed E-state index contributed by atoms with van der Waals surface area (Å²) in [4.78, 5) is 22.2. The van der Waals surface area contributed by atoms with Gasteiger partial charge < -0.3 is 5.32 Å². The van der Waals surface area contributed by atoms with Crippen molar-refractivity contribution in [1.82, 2.24) is 5.32 Å². The van der Waals surface area contributed by atoms with Crippen molar-refractivity contribution < 1.29 is 9.59 Å². The van der Waals surface area contributed by atoms with Crippen LogP contribution in [0.1, 0.15) is 18.0 Å². The SMILES string of the molecule is O=C1CC(=O)[C@@H](c2ccccc2)N1. The van der Waals surface area contributed by atoms with Crippen LogP contribution in [0.15, 0.2) is 30.3 Å². The van der Waals surface area contributed by atoms with Crippen molar-refractivity contribution in [3.05, 3.63) is 35.9 Å². The molecule has 1 saturated heterocycles. The van der Waals surface area contributed by atoms with E-state index in [0.717, 1.165) is 5.56 Å². The highest BCUT2D eigenvalue weighted by atomic mass is 16.2. The lowest BCUT2D eigenvalue weighted by Gasteiger charge is -2.07. The van der Waals surface area contributed by atoms with Crippen molar-refractivity contribution in [1.29, 1.82) is 0 Å². The molecule has 1 atom stereocenters. The summed E-state index contributed by atoms with van der Waals surface area (Å²) in [6, 6.07) is 8.85. The van der Waals surface area contributed by atoms with Gasteiger partial charge in [-0.25, -0.2) is 0 Å². The molecule has 1 aliphatic rings. The molecule has 3 heteroatoms. The van der Waals surface area contributed by atoms with Crippen molar-refractivity contribution in [2.24, 2.45) is 0 Å². The molecule has 0 aromatic heterocycles. The van der Waals surface area contributed by atoms with Gasteiger partial charge in [0.05, 0.1) is 6.42 Å². The van der Waals surface area contributed by atoms with Crippen molar-refractivity contribution in [3.63, 3.8) is 0 Å². The Morgan fingerprint density at radius 2 is 1.85 bits per heavy atom. The Hall–Kier alpha value is -1.64. The first-order valence-electron chi connectivity index (χ1n) is 4.14. The molecule has 1 aromatic rings. The van der Waals surface area contributed by atoms with Gasteiger partial charge in [0.15, 0.2) is 5.78 Å². The fraction of sp³-hybridized carbons (Fsp3) is 0.200. The zero-order valence-electron chi connectivity index (χ0n) is 6.99. The molecule has 3 nitrogen and oxygen atoms in total. The molecule has 66 valence electrons. The fourth-order valence-electron chi connectivity index (χ4n) is 1.47. The van der Waals surface area contributed by atoms with Gasteiger partial charge in [-0.15, -0.1) is 0 Å². The lowest BCUT2D eigenvalue weighted by molar-refractivity contribution is -0.122. The number of carbonyl (C=O) groups is 2. The highest BCUT2D eigenvalue weighted by Crippen LogP contribution is 2.19. The predicted octanol–water partition coefficient (Wildman–Crippen LogP) is 0.817. The summed E-state index contributed by atoms with van der Waals surface area (Å²) in [5.74, 6) is -0.227. The maximum absolute atomic E-state index is 11.3. The van der Waals surface area contributed by atoms with Gasteiger partial charge in [0, 0.05) is 0 Å². The van der Waals surface area contributed by atoms with E-state index in [1.54, 1.807) is 0 Å². The van der Waals surface area contributed by atoms with Crippen molar-refractivity contribution in [3.8, 4) is 0 Å². The standard InChI is InChI=1S/C10H9NO2/c12-8-6-9(13)11-10(8)7-4-2-1-3-5-7/h1-5,10H,6H2,(H,11,13)/t10-/m1/s1. The van der Waals surface area contributed by atoms with Crippen molar-refractivity contribution in [2.45, 2.75) is 12.5 Å². The molecule has 0 unspecified atom stereocenters. The van der Waals surface area contributed by atoms with Crippen LogP contribution in [0.2, 0.25) is 0 Å². The number of benzene rings is 1. The highest BCUT2D eigenvalue weighted by Gasteiger charge is 2.30. The molecule has 0 spiro atoms. The van der Waals surface area contributed by atoms with E-state index in [9.17, 15) is 9.59 Å². The molecular weight excluding hydrogens is 166 g/mol. The number of hydrogen-bond acceptors (Lipinski definition) is 2. The van der Waals surface area contributed by atoms with Crippen LogP contribution in [-0.4, -0.2) is 11.7 Å². The smallest absolute Gasteiger partial charge is 0.228 e. The van der Waals surface area contributed by atoms with Gasteiger partial charge in [0.1, 0.15) is 6.04 Å². The van der Waals surface area contributed by atoms with Crippen LogP contribution >= 0.6 is 0 Å². The molecule has 1 N–H and O–H groups in total. The molecule has 1 aromatic carbocycles.